The van der Waals surface area contributed by atoms with Crippen LogP contribution in [-0.2, 0) is 14.3 Å². The fourth-order valence-electron chi connectivity index (χ4n) is 1.42. The van der Waals surface area contributed by atoms with Gasteiger partial charge in [-0.25, -0.2) is 0 Å². The van der Waals surface area contributed by atoms with E-state index in [0.717, 1.165) is 6.42 Å². The quantitative estimate of drug-likeness (QED) is 0.602. The number of carbonyl (C=O) groups excluding carboxylic acids is 1. The number of carbonyl (C=O) groups is 1. The van der Waals surface area contributed by atoms with Gasteiger partial charge in [0.25, 0.3) is 0 Å². The Morgan fingerprint density at radius 2 is 1.76 bits per heavy atom. The second-order valence-electron chi connectivity index (χ2n) is 4.51. The fourth-order valence-corrected chi connectivity index (χ4v) is 1.42. The summed E-state index contributed by atoms with van der Waals surface area (Å²) < 4.78 is 10.0. The third-order valence-electron chi connectivity index (χ3n) is 2.79. The van der Waals surface area contributed by atoms with Crippen LogP contribution in [0.2, 0.25) is 0 Å². The Balaban J connectivity index is 4.39. The van der Waals surface area contributed by atoms with Gasteiger partial charge in [0.05, 0.1) is 12.1 Å². The Bertz CT molecular complexity index is 220. The maximum Gasteiger partial charge on any atom is 0.242 e. The van der Waals surface area contributed by atoms with E-state index in [9.17, 15) is 4.79 Å². The number of likely N-dealkylation sites (N-methyl/N-ethyl adjacent to an activating group) is 1. The molecule has 0 saturated carbocycles. The Hall–Kier alpha value is -0.650. The van der Waals surface area contributed by atoms with Gasteiger partial charge < -0.3 is 19.7 Å². The zero-order valence-corrected chi connectivity index (χ0v) is 11.7. The number of rotatable bonds is 9. The molecule has 17 heavy (non-hydrogen) atoms. The zero-order chi connectivity index (χ0) is 13.3. The van der Waals surface area contributed by atoms with Gasteiger partial charge >= 0.3 is 0 Å². The summed E-state index contributed by atoms with van der Waals surface area (Å²) in [5, 5.41) is 3.03. The largest absolute Gasteiger partial charge is 0.385 e. The molecule has 0 unspecified atom stereocenters. The highest BCUT2D eigenvalue weighted by Gasteiger charge is 2.29. The molecule has 0 heterocycles. The monoisotopic (exact) mass is 246 g/mol. The normalized spacial score (nSPS) is 11.6. The van der Waals surface area contributed by atoms with Crippen molar-refractivity contribution in [2.75, 3.05) is 47.6 Å². The first kappa shape index (κ1) is 16.4. The van der Waals surface area contributed by atoms with E-state index in [1.807, 2.05) is 18.7 Å². The predicted octanol–water partition coefficient (Wildman–Crippen LogP) is 0.496. The Labute approximate surface area is 104 Å². The Morgan fingerprint density at radius 3 is 2.24 bits per heavy atom. The lowest BCUT2D eigenvalue weighted by atomic mass is 10.0. The van der Waals surface area contributed by atoms with Crippen molar-refractivity contribution in [1.29, 1.82) is 0 Å². The summed E-state index contributed by atoms with van der Waals surface area (Å²) in [5.74, 6) is 0.0909. The molecule has 5 nitrogen and oxygen atoms in total. The third-order valence-corrected chi connectivity index (χ3v) is 2.79. The van der Waals surface area contributed by atoms with Gasteiger partial charge in [-0.15, -0.1) is 0 Å². The van der Waals surface area contributed by atoms with E-state index in [1.54, 1.807) is 21.3 Å². The van der Waals surface area contributed by atoms with Gasteiger partial charge in [-0.05, 0) is 27.3 Å². The van der Waals surface area contributed by atoms with Gasteiger partial charge in [0.15, 0.2) is 0 Å². The van der Waals surface area contributed by atoms with Crippen LogP contribution in [-0.4, -0.2) is 63.9 Å². The van der Waals surface area contributed by atoms with Crippen LogP contribution < -0.4 is 5.32 Å². The average molecular weight is 246 g/mol. The first-order chi connectivity index (χ1) is 7.99. The average Bonchev–Trinajstić information content (AvgIpc) is 2.32. The molecule has 5 heteroatoms. The maximum atomic E-state index is 12.3. The number of nitrogens with one attached hydrogen (secondary N) is 1. The van der Waals surface area contributed by atoms with E-state index in [4.69, 9.17) is 9.47 Å². The second-order valence-corrected chi connectivity index (χ2v) is 4.51. The summed E-state index contributed by atoms with van der Waals surface area (Å²) in [6, 6.07) is 0. The molecule has 0 aliphatic carbocycles. The Kier molecular flexibility index (Phi) is 8.12. The number of ether oxygens (including phenoxy) is 2. The lowest BCUT2D eigenvalue weighted by Gasteiger charge is -2.31. The smallest absolute Gasteiger partial charge is 0.242 e. The van der Waals surface area contributed by atoms with Gasteiger partial charge in [0.1, 0.15) is 0 Å². The maximum absolute atomic E-state index is 12.3. The number of hydrogen-bond donors (Lipinski definition) is 1. The first-order valence-corrected chi connectivity index (χ1v) is 5.95. The van der Waals surface area contributed by atoms with Crippen LogP contribution in [0.1, 0.15) is 20.3 Å². The number of methoxy groups -OCH3 is 2. The zero-order valence-electron chi connectivity index (χ0n) is 11.7. The highest BCUT2D eigenvalue weighted by Crippen LogP contribution is 2.08. The molecule has 0 aromatic heterocycles. The van der Waals surface area contributed by atoms with Crippen molar-refractivity contribution in [2.24, 2.45) is 0 Å². The van der Waals surface area contributed by atoms with E-state index in [0.29, 0.717) is 26.3 Å². The van der Waals surface area contributed by atoms with Crippen LogP contribution in [0.5, 0.6) is 0 Å². The molecule has 0 aromatic rings. The van der Waals surface area contributed by atoms with Crippen LogP contribution in [0.25, 0.3) is 0 Å². The van der Waals surface area contributed by atoms with Crippen molar-refractivity contribution in [3.63, 3.8) is 0 Å². The van der Waals surface area contributed by atoms with Crippen LogP contribution in [0.4, 0.5) is 0 Å². The van der Waals surface area contributed by atoms with E-state index >= 15 is 0 Å². The molecular formula is C12H26N2O3. The topological polar surface area (TPSA) is 50.8 Å². The lowest BCUT2D eigenvalue weighted by Crippen LogP contribution is -2.53. The molecular weight excluding hydrogens is 220 g/mol. The van der Waals surface area contributed by atoms with Crippen LogP contribution in [0.3, 0.4) is 0 Å². The molecule has 0 aliphatic heterocycles. The lowest BCUT2D eigenvalue weighted by molar-refractivity contribution is -0.137. The van der Waals surface area contributed by atoms with Crippen LogP contribution in [0, 0.1) is 0 Å². The standard InChI is InChI=1S/C12H26N2O3/c1-12(2,13-3)11(15)14(8-10-17-5)7-6-9-16-4/h13H,6-10H2,1-5H3. The van der Waals surface area contributed by atoms with Gasteiger partial charge in [-0.1, -0.05) is 0 Å². The summed E-state index contributed by atoms with van der Waals surface area (Å²) in [4.78, 5) is 14.1. The molecule has 0 saturated heterocycles. The van der Waals surface area contributed by atoms with E-state index in [-0.39, 0.29) is 5.91 Å². The van der Waals surface area contributed by atoms with Crippen molar-refractivity contribution in [2.45, 2.75) is 25.8 Å². The summed E-state index contributed by atoms with van der Waals surface area (Å²) >= 11 is 0. The molecule has 0 radical (unpaired) electrons. The van der Waals surface area contributed by atoms with E-state index < -0.39 is 5.54 Å². The second kappa shape index (κ2) is 8.44. The minimum absolute atomic E-state index is 0.0909. The Morgan fingerprint density at radius 1 is 1.18 bits per heavy atom. The van der Waals surface area contributed by atoms with Crippen LogP contribution >= 0.6 is 0 Å². The molecule has 0 rings (SSSR count). The molecule has 0 atom stereocenters. The number of nitrogens with zero attached hydrogens (tertiary/aromatic N) is 1. The minimum atomic E-state index is -0.541. The molecule has 0 spiro atoms. The van der Waals surface area contributed by atoms with Crippen molar-refractivity contribution >= 4 is 5.91 Å². The number of hydrogen-bond acceptors (Lipinski definition) is 4. The molecule has 0 bridgehead atoms. The van der Waals surface area contributed by atoms with Gasteiger partial charge in [0.2, 0.25) is 5.91 Å². The summed E-state index contributed by atoms with van der Waals surface area (Å²) in [5.41, 5.74) is -0.541. The molecule has 0 fully saturated rings. The van der Waals surface area contributed by atoms with Crippen molar-refractivity contribution in [3.05, 3.63) is 0 Å². The fraction of sp³-hybridized carbons (Fsp3) is 0.917. The third kappa shape index (κ3) is 6.00. The van der Waals surface area contributed by atoms with Gasteiger partial charge in [0, 0.05) is 33.9 Å². The molecule has 0 aliphatic rings. The summed E-state index contributed by atoms with van der Waals surface area (Å²) in [7, 11) is 5.10. The molecule has 1 amide bonds. The van der Waals surface area contributed by atoms with Gasteiger partial charge in [-0.3, -0.25) is 4.79 Å². The van der Waals surface area contributed by atoms with Gasteiger partial charge in [-0.2, -0.15) is 0 Å². The van der Waals surface area contributed by atoms with E-state index in [1.165, 1.54) is 0 Å². The van der Waals surface area contributed by atoms with Crippen molar-refractivity contribution < 1.29 is 14.3 Å². The first-order valence-electron chi connectivity index (χ1n) is 5.95. The molecule has 102 valence electrons. The summed E-state index contributed by atoms with van der Waals surface area (Å²) in [6.07, 6.45) is 0.839. The summed E-state index contributed by atoms with van der Waals surface area (Å²) in [6.45, 7) is 6.29. The van der Waals surface area contributed by atoms with Crippen LogP contribution in [0.15, 0.2) is 0 Å². The predicted molar refractivity (Wildman–Crippen MR) is 68.1 cm³/mol. The van der Waals surface area contributed by atoms with Crippen molar-refractivity contribution in [1.82, 2.24) is 10.2 Å². The van der Waals surface area contributed by atoms with E-state index in [2.05, 4.69) is 5.32 Å². The molecule has 1 N–H and O–H groups in total. The SMILES string of the molecule is CNC(C)(C)C(=O)N(CCCOC)CCOC. The van der Waals surface area contributed by atoms with Crippen molar-refractivity contribution in [3.8, 4) is 0 Å². The highest BCUT2D eigenvalue weighted by molar-refractivity contribution is 5.85. The highest BCUT2D eigenvalue weighted by atomic mass is 16.5. The minimum Gasteiger partial charge on any atom is -0.385 e. The number of amides is 1. The molecule has 0 aromatic carbocycles.